The minimum Gasteiger partial charge on any atom is -0.480 e. The minimum atomic E-state index is -0.974. The topological polar surface area (TPSA) is 95.7 Å². The molecule has 1 aromatic rings. The number of thioether (sulfide) groups is 1. The molecule has 21 heavy (non-hydrogen) atoms. The highest BCUT2D eigenvalue weighted by molar-refractivity contribution is 8.00. The van der Waals surface area contributed by atoms with Gasteiger partial charge in [0.2, 0.25) is 0 Å². The van der Waals surface area contributed by atoms with E-state index in [0.29, 0.717) is 17.2 Å². The molecule has 0 radical (unpaired) electrons. The van der Waals surface area contributed by atoms with Crippen LogP contribution in [0.3, 0.4) is 0 Å². The van der Waals surface area contributed by atoms with Crippen molar-refractivity contribution >= 4 is 23.8 Å². The number of aryl methyl sites for hydroxylation is 1. The lowest BCUT2D eigenvalue weighted by Gasteiger charge is -2.29. The molecule has 0 aliphatic carbocycles. The standard InChI is InChI=1S/C13H19N3O4S/c1-7(2)11-16(10(6-21-11)12(17)18)13(19)14-5-9-4-8(3)20-15-9/h4,7,10-11H,5-6H2,1-3H3,(H,14,19)(H,17,18). The van der Waals surface area contributed by atoms with E-state index in [2.05, 4.69) is 10.5 Å². The lowest BCUT2D eigenvalue weighted by molar-refractivity contribution is -0.141. The van der Waals surface area contributed by atoms with Crippen molar-refractivity contribution in [3.63, 3.8) is 0 Å². The molecule has 2 unspecified atom stereocenters. The first-order valence-corrected chi connectivity index (χ1v) is 7.77. The predicted octanol–water partition coefficient (Wildman–Crippen LogP) is 1.68. The van der Waals surface area contributed by atoms with Crippen LogP contribution in [-0.4, -0.2) is 44.3 Å². The predicted molar refractivity (Wildman–Crippen MR) is 77.8 cm³/mol. The van der Waals surface area contributed by atoms with E-state index in [1.54, 1.807) is 13.0 Å². The molecule has 1 aliphatic heterocycles. The molecule has 1 saturated heterocycles. The van der Waals surface area contributed by atoms with Gasteiger partial charge in [-0.25, -0.2) is 9.59 Å². The maximum Gasteiger partial charge on any atom is 0.327 e. The summed E-state index contributed by atoms with van der Waals surface area (Å²) in [5, 5.41) is 15.6. The van der Waals surface area contributed by atoms with Gasteiger partial charge in [-0.3, -0.25) is 4.90 Å². The van der Waals surface area contributed by atoms with Crippen LogP contribution < -0.4 is 5.32 Å². The average molecular weight is 313 g/mol. The van der Waals surface area contributed by atoms with Crippen LogP contribution in [0.2, 0.25) is 0 Å². The molecule has 0 aromatic carbocycles. The van der Waals surface area contributed by atoms with E-state index in [-0.39, 0.29) is 23.9 Å². The lowest BCUT2D eigenvalue weighted by Crippen LogP contribution is -2.51. The van der Waals surface area contributed by atoms with Crippen LogP contribution in [0, 0.1) is 12.8 Å². The second kappa shape index (κ2) is 6.38. The van der Waals surface area contributed by atoms with Crippen molar-refractivity contribution in [3.05, 3.63) is 17.5 Å². The molecule has 2 N–H and O–H groups in total. The van der Waals surface area contributed by atoms with Crippen LogP contribution in [0.25, 0.3) is 0 Å². The lowest BCUT2D eigenvalue weighted by atomic mass is 10.2. The highest BCUT2D eigenvalue weighted by atomic mass is 32.2. The molecule has 2 rings (SSSR count). The Morgan fingerprint density at radius 2 is 2.33 bits per heavy atom. The fourth-order valence-corrected chi connectivity index (χ4v) is 3.72. The monoisotopic (exact) mass is 313 g/mol. The Bertz CT molecular complexity index is 531. The van der Waals surface area contributed by atoms with Crippen LogP contribution >= 0.6 is 11.8 Å². The number of amides is 2. The van der Waals surface area contributed by atoms with Crippen molar-refractivity contribution in [3.8, 4) is 0 Å². The number of carboxylic acid groups (broad SMARTS) is 1. The molecule has 0 spiro atoms. The Morgan fingerprint density at radius 1 is 1.62 bits per heavy atom. The summed E-state index contributed by atoms with van der Waals surface area (Å²) in [6.07, 6.45) is 0. The summed E-state index contributed by atoms with van der Waals surface area (Å²) in [4.78, 5) is 25.1. The number of nitrogens with zero attached hydrogens (tertiary/aromatic N) is 2. The summed E-state index contributed by atoms with van der Waals surface area (Å²) in [5.41, 5.74) is 0.612. The third-order valence-electron chi connectivity index (χ3n) is 3.22. The summed E-state index contributed by atoms with van der Waals surface area (Å²) in [5.74, 6) is 0.284. The van der Waals surface area contributed by atoms with E-state index < -0.39 is 12.0 Å². The summed E-state index contributed by atoms with van der Waals surface area (Å²) in [6.45, 7) is 5.94. The van der Waals surface area contributed by atoms with Crippen molar-refractivity contribution in [2.24, 2.45) is 5.92 Å². The van der Waals surface area contributed by atoms with Gasteiger partial charge in [0.05, 0.1) is 11.9 Å². The zero-order valence-electron chi connectivity index (χ0n) is 12.2. The maximum absolute atomic E-state index is 12.3. The SMILES string of the molecule is Cc1cc(CNC(=O)N2C(C(=O)O)CSC2C(C)C)no1. The Labute approximate surface area is 127 Å². The number of hydrogen-bond donors (Lipinski definition) is 2. The molecule has 2 amide bonds. The smallest absolute Gasteiger partial charge is 0.327 e. The molecule has 1 fully saturated rings. The fraction of sp³-hybridized carbons (Fsp3) is 0.615. The number of carbonyl (C=O) groups excluding carboxylic acids is 1. The Hall–Kier alpha value is -1.70. The average Bonchev–Trinajstić information content (AvgIpc) is 3.01. The van der Waals surface area contributed by atoms with E-state index in [1.165, 1.54) is 16.7 Å². The Morgan fingerprint density at radius 3 is 2.86 bits per heavy atom. The third-order valence-corrected chi connectivity index (χ3v) is 4.84. The molecule has 0 bridgehead atoms. The molecule has 116 valence electrons. The molecule has 0 saturated carbocycles. The number of aliphatic carboxylic acids is 1. The van der Waals surface area contributed by atoms with Gasteiger partial charge in [0.15, 0.2) is 0 Å². The van der Waals surface area contributed by atoms with E-state index >= 15 is 0 Å². The first-order valence-electron chi connectivity index (χ1n) is 6.73. The largest absolute Gasteiger partial charge is 0.480 e. The molecule has 2 atom stereocenters. The Kier molecular flexibility index (Phi) is 4.76. The van der Waals surface area contributed by atoms with E-state index in [4.69, 9.17) is 4.52 Å². The zero-order chi connectivity index (χ0) is 15.6. The van der Waals surface area contributed by atoms with E-state index in [1.807, 2.05) is 13.8 Å². The first kappa shape index (κ1) is 15.7. The van der Waals surface area contributed by atoms with Gasteiger partial charge >= 0.3 is 12.0 Å². The number of carbonyl (C=O) groups is 2. The minimum absolute atomic E-state index is 0.134. The van der Waals surface area contributed by atoms with E-state index in [0.717, 1.165) is 0 Å². The van der Waals surface area contributed by atoms with Crippen molar-refractivity contribution < 1.29 is 19.2 Å². The first-order chi connectivity index (χ1) is 9.90. The van der Waals surface area contributed by atoms with Crippen LogP contribution in [0.5, 0.6) is 0 Å². The summed E-state index contributed by atoms with van der Waals surface area (Å²) in [7, 11) is 0. The van der Waals surface area contributed by atoms with Gasteiger partial charge in [0, 0.05) is 11.8 Å². The van der Waals surface area contributed by atoms with Crippen molar-refractivity contribution in [2.75, 3.05) is 5.75 Å². The molecule has 7 nitrogen and oxygen atoms in total. The summed E-state index contributed by atoms with van der Waals surface area (Å²) < 4.78 is 4.93. The van der Waals surface area contributed by atoms with Crippen LogP contribution in [0.1, 0.15) is 25.3 Å². The number of hydrogen-bond acceptors (Lipinski definition) is 5. The fourth-order valence-electron chi connectivity index (χ4n) is 2.25. The summed E-state index contributed by atoms with van der Waals surface area (Å²) in [6, 6.07) is 0.557. The van der Waals surface area contributed by atoms with Gasteiger partial charge in [-0.05, 0) is 12.8 Å². The molecule has 1 aliphatic rings. The second-order valence-corrected chi connectivity index (χ2v) is 6.47. The second-order valence-electron chi connectivity index (χ2n) is 5.32. The highest BCUT2D eigenvalue weighted by Gasteiger charge is 2.42. The van der Waals surface area contributed by atoms with Gasteiger partial charge < -0.3 is 14.9 Å². The van der Waals surface area contributed by atoms with Crippen LogP contribution in [0.4, 0.5) is 4.79 Å². The number of aromatic nitrogens is 1. The van der Waals surface area contributed by atoms with Gasteiger partial charge in [-0.2, -0.15) is 0 Å². The van der Waals surface area contributed by atoms with Crippen LogP contribution in [-0.2, 0) is 11.3 Å². The van der Waals surface area contributed by atoms with Crippen molar-refractivity contribution in [1.29, 1.82) is 0 Å². The normalized spacial score (nSPS) is 21.8. The number of carboxylic acids is 1. The summed E-state index contributed by atoms with van der Waals surface area (Å²) >= 11 is 1.50. The molecule has 2 heterocycles. The van der Waals surface area contributed by atoms with Crippen LogP contribution in [0.15, 0.2) is 10.6 Å². The number of nitrogens with one attached hydrogen (secondary N) is 1. The third kappa shape index (κ3) is 3.49. The molecule has 1 aromatic heterocycles. The Balaban J connectivity index is 2.04. The number of urea groups is 1. The zero-order valence-corrected chi connectivity index (χ0v) is 13.0. The van der Waals surface area contributed by atoms with E-state index in [9.17, 15) is 14.7 Å². The molecular weight excluding hydrogens is 294 g/mol. The number of rotatable bonds is 4. The molecular formula is C13H19N3O4S. The maximum atomic E-state index is 12.3. The van der Waals surface area contributed by atoms with Crippen molar-refractivity contribution in [2.45, 2.75) is 38.7 Å². The quantitative estimate of drug-likeness (QED) is 0.878. The van der Waals surface area contributed by atoms with Crippen molar-refractivity contribution in [1.82, 2.24) is 15.4 Å². The van der Waals surface area contributed by atoms with Gasteiger partial charge in [0.1, 0.15) is 17.5 Å². The van der Waals surface area contributed by atoms with Gasteiger partial charge in [-0.1, -0.05) is 19.0 Å². The van der Waals surface area contributed by atoms with Gasteiger partial charge in [-0.15, -0.1) is 11.8 Å². The molecule has 8 heteroatoms. The van der Waals surface area contributed by atoms with Gasteiger partial charge in [0.25, 0.3) is 0 Å². The highest BCUT2D eigenvalue weighted by Crippen LogP contribution is 2.34.